The van der Waals surface area contributed by atoms with Crippen molar-refractivity contribution in [2.24, 2.45) is 0 Å². The monoisotopic (exact) mass is 261 g/mol. The molecule has 3 nitrogen and oxygen atoms in total. The molecule has 0 spiro atoms. The molecule has 0 aromatic carbocycles. The van der Waals surface area contributed by atoms with Crippen LogP contribution < -0.4 is 4.90 Å². The Morgan fingerprint density at radius 3 is 2.38 bits per heavy atom. The van der Waals surface area contributed by atoms with Gasteiger partial charge in [-0.25, -0.2) is 9.97 Å². The van der Waals surface area contributed by atoms with Crippen LogP contribution in [-0.4, -0.2) is 23.1 Å². The molecule has 90 valence electrons. The van der Waals surface area contributed by atoms with Gasteiger partial charge in [0.25, 0.3) is 0 Å². The average molecular weight is 262 g/mol. The molecule has 0 unspecified atom stereocenters. The van der Waals surface area contributed by atoms with Crippen LogP contribution in [-0.2, 0) is 12.8 Å². The van der Waals surface area contributed by atoms with Gasteiger partial charge in [0, 0.05) is 24.3 Å². The van der Waals surface area contributed by atoms with E-state index in [9.17, 15) is 0 Å². The predicted molar refractivity (Wildman–Crippen MR) is 70.0 cm³/mol. The second kappa shape index (κ2) is 5.69. The summed E-state index contributed by atoms with van der Waals surface area (Å²) < 4.78 is 0. The first-order valence-corrected chi connectivity index (χ1v) is 5.53. The summed E-state index contributed by atoms with van der Waals surface area (Å²) in [5.74, 6) is 1.22. The second-order valence-electron chi connectivity index (χ2n) is 4.17. The van der Waals surface area contributed by atoms with E-state index in [0.717, 1.165) is 6.42 Å². The standard InChI is InChI=1S/C11H15N3.2ClH/c1-2-5-10-9(4-1)11(13-8-12-10)14-6-3-7-14;;/h8H,1-7H2;2*1H. The third kappa shape index (κ3) is 2.25. The molecule has 0 N–H and O–H groups in total. The maximum Gasteiger partial charge on any atom is 0.135 e. The molecule has 0 bridgehead atoms. The number of halogens is 2. The Morgan fingerprint density at radius 1 is 0.938 bits per heavy atom. The van der Waals surface area contributed by atoms with Gasteiger partial charge in [0.2, 0.25) is 0 Å². The number of aromatic nitrogens is 2. The Hall–Kier alpha value is -0.540. The molecule has 2 aliphatic rings. The van der Waals surface area contributed by atoms with E-state index < -0.39 is 0 Å². The Morgan fingerprint density at radius 2 is 1.69 bits per heavy atom. The third-order valence-corrected chi connectivity index (χ3v) is 3.26. The quantitative estimate of drug-likeness (QED) is 0.778. The summed E-state index contributed by atoms with van der Waals surface area (Å²) >= 11 is 0. The molecule has 1 aliphatic heterocycles. The van der Waals surface area contributed by atoms with E-state index >= 15 is 0 Å². The van der Waals surface area contributed by atoms with Gasteiger partial charge in [-0.05, 0) is 32.1 Å². The summed E-state index contributed by atoms with van der Waals surface area (Å²) in [4.78, 5) is 11.2. The summed E-state index contributed by atoms with van der Waals surface area (Å²) in [6, 6.07) is 0. The number of rotatable bonds is 1. The summed E-state index contributed by atoms with van der Waals surface area (Å²) in [7, 11) is 0. The molecule has 2 heterocycles. The topological polar surface area (TPSA) is 29.0 Å². The van der Waals surface area contributed by atoms with E-state index in [1.807, 2.05) is 0 Å². The molecule has 3 rings (SSSR count). The van der Waals surface area contributed by atoms with E-state index in [2.05, 4.69) is 14.9 Å². The highest BCUT2D eigenvalue weighted by atomic mass is 35.5. The molecular formula is C11H17Cl2N3. The Kier molecular flexibility index (Phi) is 4.81. The van der Waals surface area contributed by atoms with Crippen molar-refractivity contribution in [2.75, 3.05) is 18.0 Å². The molecule has 0 atom stereocenters. The van der Waals surface area contributed by atoms with Crippen molar-refractivity contribution >= 4 is 30.6 Å². The number of hydrogen-bond donors (Lipinski definition) is 0. The van der Waals surface area contributed by atoms with Crippen LogP contribution in [0.15, 0.2) is 6.33 Å². The lowest BCUT2D eigenvalue weighted by Gasteiger charge is -2.34. The van der Waals surface area contributed by atoms with E-state index in [-0.39, 0.29) is 24.8 Å². The first-order valence-electron chi connectivity index (χ1n) is 5.53. The minimum Gasteiger partial charge on any atom is -0.356 e. The average Bonchev–Trinajstić information content (AvgIpc) is 2.16. The third-order valence-electron chi connectivity index (χ3n) is 3.26. The summed E-state index contributed by atoms with van der Waals surface area (Å²) in [5.41, 5.74) is 2.73. The lowest BCUT2D eigenvalue weighted by Crippen LogP contribution is -2.38. The summed E-state index contributed by atoms with van der Waals surface area (Å²) in [6.45, 7) is 2.37. The molecule has 1 aromatic heterocycles. The van der Waals surface area contributed by atoms with Gasteiger partial charge in [-0.3, -0.25) is 0 Å². The molecule has 0 saturated carbocycles. The Bertz CT molecular complexity index is 353. The zero-order valence-corrected chi connectivity index (χ0v) is 10.8. The Labute approximate surface area is 108 Å². The van der Waals surface area contributed by atoms with Crippen LogP contribution >= 0.6 is 24.8 Å². The molecule has 1 saturated heterocycles. The van der Waals surface area contributed by atoms with Crippen LogP contribution in [0.5, 0.6) is 0 Å². The van der Waals surface area contributed by atoms with Crippen molar-refractivity contribution in [1.82, 2.24) is 9.97 Å². The van der Waals surface area contributed by atoms with Gasteiger partial charge in [0.1, 0.15) is 12.1 Å². The van der Waals surface area contributed by atoms with Crippen LogP contribution in [0.1, 0.15) is 30.5 Å². The second-order valence-corrected chi connectivity index (χ2v) is 4.17. The van der Waals surface area contributed by atoms with Gasteiger partial charge in [-0.15, -0.1) is 24.8 Å². The first kappa shape index (κ1) is 13.5. The lowest BCUT2D eigenvalue weighted by molar-refractivity contribution is 0.591. The maximum absolute atomic E-state index is 4.43. The highest BCUT2D eigenvalue weighted by Crippen LogP contribution is 2.29. The minimum absolute atomic E-state index is 0. The smallest absolute Gasteiger partial charge is 0.135 e. The van der Waals surface area contributed by atoms with Gasteiger partial charge in [-0.1, -0.05) is 0 Å². The summed E-state index contributed by atoms with van der Waals surface area (Å²) in [6.07, 6.45) is 7.99. The van der Waals surface area contributed by atoms with Crippen LogP contribution in [0.2, 0.25) is 0 Å². The van der Waals surface area contributed by atoms with Crippen LogP contribution in [0.25, 0.3) is 0 Å². The Balaban J connectivity index is 0.000000640. The molecule has 5 heteroatoms. The van der Waals surface area contributed by atoms with Gasteiger partial charge in [-0.2, -0.15) is 0 Å². The van der Waals surface area contributed by atoms with Crippen molar-refractivity contribution in [2.45, 2.75) is 32.1 Å². The molecule has 0 radical (unpaired) electrons. The molecular weight excluding hydrogens is 245 g/mol. The van der Waals surface area contributed by atoms with Crippen LogP contribution in [0, 0.1) is 0 Å². The fraction of sp³-hybridized carbons (Fsp3) is 0.636. The SMILES string of the molecule is Cl.Cl.c1nc2c(c(N3CCC3)n1)CCCC2. The lowest BCUT2D eigenvalue weighted by atomic mass is 9.95. The number of nitrogens with zero attached hydrogens (tertiary/aromatic N) is 3. The number of anilines is 1. The number of fused-ring (bicyclic) bond motifs is 1. The number of aryl methyl sites for hydroxylation is 1. The number of hydrogen-bond acceptors (Lipinski definition) is 3. The fourth-order valence-electron chi connectivity index (χ4n) is 2.30. The van der Waals surface area contributed by atoms with Gasteiger partial charge < -0.3 is 4.90 Å². The normalized spacial score (nSPS) is 17.6. The first-order chi connectivity index (χ1) is 6.95. The molecule has 16 heavy (non-hydrogen) atoms. The summed E-state index contributed by atoms with van der Waals surface area (Å²) in [5, 5.41) is 0. The molecule has 0 amide bonds. The van der Waals surface area contributed by atoms with Crippen LogP contribution in [0.4, 0.5) is 5.82 Å². The van der Waals surface area contributed by atoms with E-state index in [4.69, 9.17) is 0 Å². The van der Waals surface area contributed by atoms with Crippen LogP contribution in [0.3, 0.4) is 0 Å². The maximum atomic E-state index is 4.43. The van der Waals surface area contributed by atoms with Crippen molar-refractivity contribution in [3.05, 3.63) is 17.6 Å². The van der Waals surface area contributed by atoms with E-state index in [1.165, 1.54) is 55.8 Å². The van der Waals surface area contributed by atoms with Gasteiger partial charge in [0.05, 0.1) is 0 Å². The molecule has 1 aromatic rings. The van der Waals surface area contributed by atoms with E-state index in [1.54, 1.807) is 6.33 Å². The molecule has 1 fully saturated rings. The van der Waals surface area contributed by atoms with Crippen molar-refractivity contribution in [1.29, 1.82) is 0 Å². The van der Waals surface area contributed by atoms with Gasteiger partial charge >= 0.3 is 0 Å². The highest BCUT2D eigenvalue weighted by molar-refractivity contribution is 5.85. The van der Waals surface area contributed by atoms with Gasteiger partial charge in [0.15, 0.2) is 0 Å². The fourth-order valence-corrected chi connectivity index (χ4v) is 2.30. The minimum atomic E-state index is 0. The highest BCUT2D eigenvalue weighted by Gasteiger charge is 2.22. The predicted octanol–water partition coefficient (Wildman–Crippen LogP) is 2.41. The van der Waals surface area contributed by atoms with Crippen molar-refractivity contribution < 1.29 is 0 Å². The zero-order valence-electron chi connectivity index (χ0n) is 9.19. The zero-order chi connectivity index (χ0) is 9.38. The molecule has 1 aliphatic carbocycles. The largest absolute Gasteiger partial charge is 0.356 e. The van der Waals surface area contributed by atoms with E-state index in [0.29, 0.717) is 0 Å². The van der Waals surface area contributed by atoms with Crippen molar-refractivity contribution in [3.63, 3.8) is 0 Å². The van der Waals surface area contributed by atoms with Crippen molar-refractivity contribution in [3.8, 4) is 0 Å².